The Bertz CT molecular complexity index is 855. The van der Waals surface area contributed by atoms with Gasteiger partial charge in [-0.05, 0) is 60.9 Å². The van der Waals surface area contributed by atoms with Crippen LogP contribution in [0.15, 0.2) is 54.6 Å². The van der Waals surface area contributed by atoms with E-state index in [1.165, 1.54) is 0 Å². The Kier molecular flexibility index (Phi) is 5.56. The Morgan fingerprint density at radius 3 is 2.41 bits per heavy atom. The summed E-state index contributed by atoms with van der Waals surface area (Å²) in [6.45, 7) is 1.58. The Morgan fingerprint density at radius 1 is 1.07 bits per heavy atom. The number of ether oxygens (including phenoxy) is 1. The summed E-state index contributed by atoms with van der Waals surface area (Å²) in [5, 5.41) is 3.18. The molecule has 1 unspecified atom stereocenters. The molecule has 2 aromatic rings. The van der Waals surface area contributed by atoms with Crippen LogP contribution < -0.4 is 10.1 Å². The van der Waals surface area contributed by atoms with Crippen LogP contribution in [0.3, 0.4) is 0 Å². The van der Waals surface area contributed by atoms with Crippen LogP contribution in [0.25, 0.3) is 0 Å². The number of amides is 2. The predicted octanol–water partition coefficient (Wildman–Crippen LogP) is 3.44. The number of piperidine rings is 1. The van der Waals surface area contributed by atoms with E-state index in [1.54, 1.807) is 7.11 Å². The molecule has 1 heterocycles. The van der Waals surface area contributed by atoms with Crippen molar-refractivity contribution in [3.8, 4) is 5.75 Å². The Labute approximate surface area is 172 Å². The van der Waals surface area contributed by atoms with Crippen molar-refractivity contribution in [3.63, 3.8) is 0 Å². The number of hydrogen-bond donors (Lipinski definition) is 1. The summed E-state index contributed by atoms with van der Waals surface area (Å²) in [7, 11) is 1.65. The van der Waals surface area contributed by atoms with E-state index >= 15 is 0 Å². The van der Waals surface area contributed by atoms with Gasteiger partial charge in [-0.2, -0.15) is 0 Å². The molecule has 1 aliphatic heterocycles. The van der Waals surface area contributed by atoms with Crippen LogP contribution >= 0.6 is 0 Å². The molecule has 0 aromatic heterocycles. The van der Waals surface area contributed by atoms with E-state index in [1.807, 2.05) is 59.5 Å². The first-order chi connectivity index (χ1) is 14.1. The molecule has 4 rings (SSSR count). The number of nitrogens with zero attached hydrogens (tertiary/aromatic N) is 1. The molecule has 1 spiro atoms. The molecule has 0 bridgehead atoms. The maximum atomic E-state index is 12.6. The number of hydrogen-bond acceptors (Lipinski definition) is 3. The second-order valence-corrected chi connectivity index (χ2v) is 8.19. The van der Waals surface area contributed by atoms with E-state index < -0.39 is 0 Å². The third-order valence-electron chi connectivity index (χ3n) is 6.43. The van der Waals surface area contributed by atoms with Gasteiger partial charge < -0.3 is 15.0 Å². The predicted molar refractivity (Wildman–Crippen MR) is 112 cm³/mol. The molecular weight excluding hydrogens is 364 g/mol. The van der Waals surface area contributed by atoms with Gasteiger partial charge in [0.05, 0.1) is 7.11 Å². The molecule has 2 fully saturated rings. The highest BCUT2D eigenvalue weighted by Gasteiger charge is 2.55. The molecule has 29 heavy (non-hydrogen) atoms. The zero-order valence-corrected chi connectivity index (χ0v) is 16.9. The smallest absolute Gasteiger partial charge is 0.251 e. The summed E-state index contributed by atoms with van der Waals surface area (Å²) in [5.41, 5.74) is 2.05. The van der Waals surface area contributed by atoms with Crippen LogP contribution in [-0.2, 0) is 11.2 Å². The molecule has 5 heteroatoms. The van der Waals surface area contributed by atoms with E-state index in [2.05, 4.69) is 5.32 Å². The fraction of sp³-hybridized carbons (Fsp3) is 0.417. The molecule has 1 atom stereocenters. The van der Waals surface area contributed by atoms with Gasteiger partial charge in [-0.1, -0.05) is 30.3 Å². The van der Waals surface area contributed by atoms with Crippen molar-refractivity contribution in [2.45, 2.75) is 38.1 Å². The molecule has 1 saturated heterocycles. The van der Waals surface area contributed by atoms with Crippen molar-refractivity contribution < 1.29 is 14.3 Å². The summed E-state index contributed by atoms with van der Waals surface area (Å²) in [6, 6.07) is 17.5. The van der Waals surface area contributed by atoms with Gasteiger partial charge in [0.25, 0.3) is 5.91 Å². The van der Waals surface area contributed by atoms with E-state index in [0.29, 0.717) is 12.0 Å². The summed E-state index contributed by atoms with van der Waals surface area (Å²) in [6.07, 6.45) is 4.26. The lowest BCUT2D eigenvalue weighted by Crippen LogP contribution is -2.41. The first kappa shape index (κ1) is 19.5. The second kappa shape index (κ2) is 8.27. The molecule has 5 nitrogen and oxygen atoms in total. The monoisotopic (exact) mass is 392 g/mol. The molecule has 1 aliphatic carbocycles. The molecule has 152 valence electrons. The molecule has 0 radical (unpaired) electrons. The van der Waals surface area contributed by atoms with Crippen molar-refractivity contribution in [3.05, 3.63) is 65.7 Å². The summed E-state index contributed by atoms with van der Waals surface area (Å²) >= 11 is 0. The second-order valence-electron chi connectivity index (χ2n) is 8.19. The van der Waals surface area contributed by atoms with Crippen LogP contribution in [0.2, 0.25) is 0 Å². The van der Waals surface area contributed by atoms with Gasteiger partial charge in [-0.15, -0.1) is 0 Å². The van der Waals surface area contributed by atoms with Crippen LogP contribution in [0.4, 0.5) is 0 Å². The van der Waals surface area contributed by atoms with Crippen molar-refractivity contribution in [2.24, 2.45) is 5.41 Å². The van der Waals surface area contributed by atoms with Gasteiger partial charge in [0.15, 0.2) is 0 Å². The number of rotatable bonds is 6. The number of benzene rings is 2. The summed E-state index contributed by atoms with van der Waals surface area (Å²) in [4.78, 5) is 27.0. The van der Waals surface area contributed by atoms with Gasteiger partial charge in [0.1, 0.15) is 5.75 Å². The lowest BCUT2D eigenvalue weighted by Gasteiger charge is -2.33. The minimum absolute atomic E-state index is 0.00507. The van der Waals surface area contributed by atoms with Gasteiger partial charge in [0.2, 0.25) is 5.91 Å². The highest BCUT2D eigenvalue weighted by molar-refractivity contribution is 5.94. The van der Waals surface area contributed by atoms with Crippen molar-refractivity contribution in [1.82, 2.24) is 10.2 Å². The highest BCUT2D eigenvalue weighted by atomic mass is 16.5. The number of carbonyl (C=O) groups excluding carboxylic acids is 2. The minimum atomic E-state index is 0.00507. The van der Waals surface area contributed by atoms with E-state index in [9.17, 15) is 9.59 Å². The number of methoxy groups -OCH3 is 1. The van der Waals surface area contributed by atoms with E-state index in [-0.39, 0.29) is 23.3 Å². The van der Waals surface area contributed by atoms with Gasteiger partial charge in [0, 0.05) is 31.1 Å². The molecular formula is C24H28N2O3. The van der Waals surface area contributed by atoms with Gasteiger partial charge in [-0.3, -0.25) is 9.59 Å². The Balaban J connectivity index is 1.22. The highest BCUT2D eigenvalue weighted by Crippen LogP contribution is 2.54. The topological polar surface area (TPSA) is 58.6 Å². The quantitative estimate of drug-likeness (QED) is 0.819. The fourth-order valence-corrected chi connectivity index (χ4v) is 4.34. The minimum Gasteiger partial charge on any atom is -0.497 e. The largest absolute Gasteiger partial charge is 0.497 e. The van der Waals surface area contributed by atoms with Crippen LogP contribution in [0.1, 0.15) is 41.6 Å². The number of likely N-dealkylation sites (tertiary alicyclic amines) is 1. The van der Waals surface area contributed by atoms with Crippen molar-refractivity contribution in [2.75, 3.05) is 20.2 Å². The molecule has 1 saturated carbocycles. The number of aryl methyl sites for hydroxylation is 1. The zero-order chi connectivity index (χ0) is 20.3. The average molecular weight is 392 g/mol. The van der Waals surface area contributed by atoms with E-state index in [4.69, 9.17) is 4.74 Å². The average Bonchev–Trinajstić information content (AvgIpc) is 3.43. The maximum absolute atomic E-state index is 12.6. The van der Waals surface area contributed by atoms with Crippen LogP contribution in [-0.4, -0.2) is 43.0 Å². The molecule has 2 aliphatic rings. The first-order valence-corrected chi connectivity index (χ1v) is 10.4. The molecule has 2 amide bonds. The van der Waals surface area contributed by atoms with Crippen molar-refractivity contribution >= 4 is 11.8 Å². The van der Waals surface area contributed by atoms with Crippen molar-refractivity contribution in [1.29, 1.82) is 0 Å². The Morgan fingerprint density at radius 2 is 1.76 bits per heavy atom. The lowest BCUT2D eigenvalue weighted by molar-refractivity contribution is -0.132. The van der Waals surface area contributed by atoms with Crippen LogP contribution in [0, 0.1) is 5.41 Å². The van der Waals surface area contributed by atoms with Gasteiger partial charge >= 0.3 is 0 Å². The third-order valence-corrected chi connectivity index (χ3v) is 6.43. The van der Waals surface area contributed by atoms with Gasteiger partial charge in [-0.25, -0.2) is 0 Å². The molecule has 2 aromatic carbocycles. The maximum Gasteiger partial charge on any atom is 0.251 e. The number of carbonyl (C=O) groups is 2. The first-order valence-electron chi connectivity index (χ1n) is 10.4. The normalized spacial score (nSPS) is 19.6. The lowest BCUT2D eigenvalue weighted by atomic mass is 9.92. The van der Waals surface area contributed by atoms with Crippen LogP contribution in [0.5, 0.6) is 5.75 Å². The van der Waals surface area contributed by atoms with E-state index in [0.717, 1.165) is 50.1 Å². The number of nitrogens with one attached hydrogen (secondary N) is 1. The zero-order valence-electron chi connectivity index (χ0n) is 16.9. The molecule has 1 N–H and O–H groups in total. The third kappa shape index (κ3) is 4.44. The Hall–Kier alpha value is -2.82. The fourth-order valence-electron chi connectivity index (χ4n) is 4.34. The standard InChI is InChI=1S/C24H28N2O3/c1-29-20-10-7-18(8-11-20)9-12-22(27)26-15-13-24(14-16-26)17-21(24)25-23(28)19-5-3-2-4-6-19/h2-8,10-11,21H,9,12-17H2,1H3,(H,25,28). The SMILES string of the molecule is COc1ccc(CCC(=O)N2CCC3(CC2)CC3NC(=O)c2ccccc2)cc1. The summed E-state index contributed by atoms with van der Waals surface area (Å²) in [5.74, 6) is 1.06. The summed E-state index contributed by atoms with van der Waals surface area (Å²) < 4.78 is 5.17.